The minimum Gasteiger partial charge on any atom is -0.454 e. The molecule has 1 aromatic heterocycles. The molecule has 0 radical (unpaired) electrons. The molecule has 0 bridgehead atoms. The first-order valence-electron chi connectivity index (χ1n) is 7.49. The molecule has 1 aromatic carbocycles. The Morgan fingerprint density at radius 2 is 2.09 bits per heavy atom. The number of hydrogen-bond acceptors (Lipinski definition) is 6. The molecule has 0 fully saturated rings. The van der Waals surface area contributed by atoms with E-state index < -0.39 is 0 Å². The number of carbonyl (C=O) groups is 1. The standard InChI is InChI=1S/C16H18N4O3/c1-2-5-17-16(21)12-7-15(20-9-19-12)18-8-11-3-4-13-14(6-11)23-10-22-13/h3-4,6-7,9H,2,5,8,10H2,1H3,(H,17,21)(H,18,19,20). The van der Waals surface area contributed by atoms with Gasteiger partial charge in [0, 0.05) is 19.2 Å². The van der Waals surface area contributed by atoms with Gasteiger partial charge in [-0.05, 0) is 24.1 Å². The van der Waals surface area contributed by atoms with Crippen molar-refractivity contribution in [1.29, 1.82) is 0 Å². The Morgan fingerprint density at radius 1 is 1.22 bits per heavy atom. The number of anilines is 1. The molecule has 2 aromatic rings. The molecule has 7 heteroatoms. The van der Waals surface area contributed by atoms with E-state index in [0.29, 0.717) is 24.6 Å². The van der Waals surface area contributed by atoms with Gasteiger partial charge in [0.25, 0.3) is 5.91 Å². The Morgan fingerprint density at radius 3 is 2.96 bits per heavy atom. The van der Waals surface area contributed by atoms with E-state index in [1.807, 2.05) is 25.1 Å². The largest absolute Gasteiger partial charge is 0.454 e. The molecule has 1 amide bonds. The summed E-state index contributed by atoms with van der Waals surface area (Å²) in [5, 5.41) is 5.97. The van der Waals surface area contributed by atoms with Crippen molar-refractivity contribution in [2.24, 2.45) is 0 Å². The summed E-state index contributed by atoms with van der Waals surface area (Å²) < 4.78 is 10.6. The number of nitrogens with zero attached hydrogens (tertiary/aromatic N) is 2. The number of nitrogens with one attached hydrogen (secondary N) is 2. The quantitative estimate of drug-likeness (QED) is 0.848. The van der Waals surface area contributed by atoms with Crippen LogP contribution in [0.25, 0.3) is 0 Å². The van der Waals surface area contributed by atoms with Gasteiger partial charge in [-0.25, -0.2) is 9.97 Å². The van der Waals surface area contributed by atoms with Gasteiger partial charge >= 0.3 is 0 Å². The van der Waals surface area contributed by atoms with Gasteiger partial charge in [0.2, 0.25) is 6.79 Å². The van der Waals surface area contributed by atoms with E-state index in [2.05, 4.69) is 20.6 Å². The SMILES string of the molecule is CCCNC(=O)c1cc(NCc2ccc3c(c2)OCO3)ncn1. The highest BCUT2D eigenvalue weighted by molar-refractivity contribution is 5.92. The van der Waals surface area contributed by atoms with Crippen LogP contribution in [0.3, 0.4) is 0 Å². The Bertz CT molecular complexity index is 705. The molecule has 0 spiro atoms. The predicted molar refractivity (Wildman–Crippen MR) is 84.5 cm³/mol. The highest BCUT2D eigenvalue weighted by Gasteiger charge is 2.13. The molecule has 23 heavy (non-hydrogen) atoms. The average Bonchev–Trinajstić information content (AvgIpc) is 3.06. The van der Waals surface area contributed by atoms with Crippen molar-refractivity contribution in [2.45, 2.75) is 19.9 Å². The van der Waals surface area contributed by atoms with Crippen molar-refractivity contribution < 1.29 is 14.3 Å². The zero-order chi connectivity index (χ0) is 16.1. The summed E-state index contributed by atoms with van der Waals surface area (Å²) in [4.78, 5) is 20.0. The van der Waals surface area contributed by atoms with Gasteiger partial charge in [0.05, 0.1) is 0 Å². The van der Waals surface area contributed by atoms with Gasteiger partial charge in [0.1, 0.15) is 17.8 Å². The maximum Gasteiger partial charge on any atom is 0.270 e. The second-order valence-corrected chi connectivity index (χ2v) is 5.09. The Kier molecular flexibility index (Phi) is 4.56. The smallest absolute Gasteiger partial charge is 0.270 e. The second kappa shape index (κ2) is 6.95. The highest BCUT2D eigenvalue weighted by atomic mass is 16.7. The van der Waals surface area contributed by atoms with E-state index in [4.69, 9.17) is 9.47 Å². The van der Waals surface area contributed by atoms with Gasteiger partial charge < -0.3 is 20.1 Å². The lowest BCUT2D eigenvalue weighted by Gasteiger charge is -2.08. The molecule has 2 N–H and O–H groups in total. The number of amides is 1. The zero-order valence-corrected chi connectivity index (χ0v) is 12.8. The molecule has 1 aliphatic rings. The number of rotatable bonds is 6. The van der Waals surface area contributed by atoms with Crippen LogP contribution in [0.5, 0.6) is 11.5 Å². The van der Waals surface area contributed by atoms with E-state index in [9.17, 15) is 4.79 Å². The monoisotopic (exact) mass is 314 g/mol. The van der Waals surface area contributed by atoms with Crippen molar-refractivity contribution in [3.8, 4) is 11.5 Å². The average molecular weight is 314 g/mol. The Hall–Kier alpha value is -2.83. The lowest BCUT2D eigenvalue weighted by Crippen LogP contribution is -2.25. The zero-order valence-electron chi connectivity index (χ0n) is 12.8. The molecule has 120 valence electrons. The van der Waals surface area contributed by atoms with Gasteiger partial charge in [-0.2, -0.15) is 0 Å². The Labute approximate surface area is 134 Å². The van der Waals surface area contributed by atoms with Gasteiger partial charge in [-0.3, -0.25) is 4.79 Å². The minimum absolute atomic E-state index is 0.194. The molecular formula is C16H18N4O3. The van der Waals surface area contributed by atoms with Gasteiger partial charge in [-0.15, -0.1) is 0 Å². The van der Waals surface area contributed by atoms with Crippen LogP contribution in [0.1, 0.15) is 29.4 Å². The summed E-state index contributed by atoms with van der Waals surface area (Å²) in [5.74, 6) is 1.90. The molecule has 1 aliphatic heterocycles. The molecule has 2 heterocycles. The van der Waals surface area contributed by atoms with Crippen LogP contribution in [0, 0.1) is 0 Å². The molecule has 3 rings (SSSR count). The maximum absolute atomic E-state index is 11.9. The van der Waals surface area contributed by atoms with Crippen LogP contribution >= 0.6 is 0 Å². The third kappa shape index (κ3) is 3.68. The van der Waals surface area contributed by atoms with E-state index in [1.54, 1.807) is 6.07 Å². The molecular weight excluding hydrogens is 296 g/mol. The third-order valence-corrected chi connectivity index (χ3v) is 3.35. The fraction of sp³-hybridized carbons (Fsp3) is 0.312. The fourth-order valence-electron chi connectivity index (χ4n) is 2.15. The first-order chi connectivity index (χ1) is 11.3. The van der Waals surface area contributed by atoms with Crippen molar-refractivity contribution in [3.05, 3.63) is 41.9 Å². The van der Waals surface area contributed by atoms with E-state index >= 15 is 0 Å². The van der Waals surface area contributed by atoms with Crippen LogP contribution in [-0.4, -0.2) is 29.2 Å². The van der Waals surface area contributed by atoms with E-state index in [0.717, 1.165) is 23.5 Å². The molecule has 0 unspecified atom stereocenters. The summed E-state index contributed by atoms with van der Waals surface area (Å²) >= 11 is 0. The van der Waals surface area contributed by atoms with Crippen LogP contribution in [0.2, 0.25) is 0 Å². The maximum atomic E-state index is 11.9. The normalized spacial score (nSPS) is 12.0. The third-order valence-electron chi connectivity index (χ3n) is 3.35. The summed E-state index contributed by atoms with van der Waals surface area (Å²) in [6, 6.07) is 7.39. The number of hydrogen-bond donors (Lipinski definition) is 2. The first-order valence-corrected chi connectivity index (χ1v) is 7.49. The van der Waals surface area contributed by atoms with Crippen LogP contribution in [0.15, 0.2) is 30.6 Å². The first kappa shape index (κ1) is 15.1. The topological polar surface area (TPSA) is 85.4 Å². The summed E-state index contributed by atoms with van der Waals surface area (Å²) in [6.07, 6.45) is 2.26. The molecule has 0 atom stereocenters. The van der Waals surface area contributed by atoms with Crippen LogP contribution in [0.4, 0.5) is 5.82 Å². The number of ether oxygens (including phenoxy) is 2. The minimum atomic E-state index is -0.194. The summed E-state index contributed by atoms with van der Waals surface area (Å²) in [5.41, 5.74) is 1.38. The Balaban J connectivity index is 1.63. The van der Waals surface area contributed by atoms with Crippen LogP contribution < -0.4 is 20.1 Å². The van der Waals surface area contributed by atoms with Crippen molar-refractivity contribution >= 4 is 11.7 Å². The molecule has 0 aliphatic carbocycles. The van der Waals surface area contributed by atoms with Gasteiger partial charge in [0.15, 0.2) is 11.5 Å². The van der Waals surface area contributed by atoms with Crippen molar-refractivity contribution in [2.75, 3.05) is 18.7 Å². The lowest BCUT2D eigenvalue weighted by atomic mass is 10.2. The predicted octanol–water partition coefficient (Wildman–Crippen LogP) is 1.96. The number of benzene rings is 1. The number of aromatic nitrogens is 2. The number of fused-ring (bicyclic) bond motifs is 1. The second-order valence-electron chi connectivity index (χ2n) is 5.09. The summed E-state index contributed by atoms with van der Waals surface area (Å²) in [7, 11) is 0. The van der Waals surface area contributed by atoms with Crippen LogP contribution in [-0.2, 0) is 6.54 Å². The number of carbonyl (C=O) groups excluding carboxylic acids is 1. The highest BCUT2D eigenvalue weighted by Crippen LogP contribution is 2.32. The van der Waals surface area contributed by atoms with E-state index in [1.165, 1.54) is 6.33 Å². The fourth-order valence-corrected chi connectivity index (χ4v) is 2.15. The van der Waals surface area contributed by atoms with Crippen molar-refractivity contribution in [3.63, 3.8) is 0 Å². The summed E-state index contributed by atoms with van der Waals surface area (Å²) in [6.45, 7) is 3.44. The lowest BCUT2D eigenvalue weighted by molar-refractivity contribution is 0.0948. The van der Waals surface area contributed by atoms with Crippen molar-refractivity contribution in [1.82, 2.24) is 15.3 Å². The molecule has 7 nitrogen and oxygen atoms in total. The van der Waals surface area contributed by atoms with Gasteiger partial charge in [-0.1, -0.05) is 13.0 Å². The van der Waals surface area contributed by atoms with E-state index in [-0.39, 0.29) is 12.7 Å². The molecule has 0 saturated heterocycles. The molecule has 0 saturated carbocycles.